The van der Waals surface area contributed by atoms with Crippen LogP contribution in [0.3, 0.4) is 0 Å². The van der Waals surface area contributed by atoms with Crippen LogP contribution in [-0.2, 0) is 11.3 Å². The Bertz CT molecular complexity index is 626. The summed E-state index contributed by atoms with van der Waals surface area (Å²) in [7, 11) is 0. The van der Waals surface area contributed by atoms with E-state index in [2.05, 4.69) is 5.32 Å². The van der Waals surface area contributed by atoms with Gasteiger partial charge >= 0.3 is 0 Å². The fraction of sp³-hybridized carbons (Fsp3) is 0.333. The van der Waals surface area contributed by atoms with Crippen molar-refractivity contribution in [2.24, 2.45) is 0 Å². The van der Waals surface area contributed by atoms with Gasteiger partial charge in [-0.05, 0) is 26.8 Å². The predicted molar refractivity (Wildman–Crippen MR) is 75.2 cm³/mol. The summed E-state index contributed by atoms with van der Waals surface area (Å²) < 4.78 is 1.82. The molecular weight excluding hydrogens is 240 g/mol. The van der Waals surface area contributed by atoms with E-state index in [1.807, 2.05) is 42.7 Å². The van der Waals surface area contributed by atoms with E-state index in [0.717, 1.165) is 10.9 Å². The molecule has 0 atom stereocenters. The van der Waals surface area contributed by atoms with Gasteiger partial charge < -0.3 is 9.88 Å². The average Bonchev–Trinajstić information content (AvgIpc) is 2.67. The van der Waals surface area contributed by atoms with Crippen molar-refractivity contribution in [3.63, 3.8) is 0 Å². The van der Waals surface area contributed by atoms with Gasteiger partial charge in [0.25, 0.3) is 0 Å². The third kappa shape index (κ3) is 2.84. The number of carbonyl (C=O) groups excluding carboxylic acids is 2. The van der Waals surface area contributed by atoms with Crippen molar-refractivity contribution in [2.45, 2.75) is 33.4 Å². The highest BCUT2D eigenvalue weighted by atomic mass is 16.2. The maximum Gasteiger partial charge on any atom is 0.240 e. The molecule has 4 heteroatoms. The maximum absolute atomic E-state index is 11.8. The molecule has 0 fully saturated rings. The van der Waals surface area contributed by atoms with Crippen molar-refractivity contribution in [1.29, 1.82) is 0 Å². The molecule has 0 aliphatic carbocycles. The Labute approximate surface area is 112 Å². The summed E-state index contributed by atoms with van der Waals surface area (Å²) in [4.78, 5) is 23.5. The lowest BCUT2D eigenvalue weighted by Gasteiger charge is -2.09. The zero-order valence-corrected chi connectivity index (χ0v) is 11.4. The van der Waals surface area contributed by atoms with Crippen molar-refractivity contribution < 1.29 is 9.59 Å². The van der Waals surface area contributed by atoms with Gasteiger partial charge in [-0.25, -0.2) is 0 Å². The number of hydrogen-bond donors (Lipinski definition) is 1. The minimum absolute atomic E-state index is 0.0132. The van der Waals surface area contributed by atoms with Crippen LogP contribution in [0.4, 0.5) is 0 Å². The second kappa shape index (κ2) is 5.26. The first-order valence-corrected chi connectivity index (χ1v) is 6.37. The normalized spacial score (nSPS) is 10.9. The highest BCUT2D eigenvalue weighted by Crippen LogP contribution is 2.21. The smallest absolute Gasteiger partial charge is 0.240 e. The van der Waals surface area contributed by atoms with Gasteiger partial charge in [0.2, 0.25) is 5.91 Å². The summed E-state index contributed by atoms with van der Waals surface area (Å²) >= 11 is 0. The first-order chi connectivity index (χ1) is 8.99. The number of amides is 1. The molecule has 0 saturated carbocycles. The van der Waals surface area contributed by atoms with Gasteiger partial charge in [0.1, 0.15) is 6.54 Å². The molecule has 1 aromatic heterocycles. The fourth-order valence-electron chi connectivity index (χ4n) is 2.18. The summed E-state index contributed by atoms with van der Waals surface area (Å²) in [6.45, 7) is 5.62. The minimum Gasteiger partial charge on any atom is -0.352 e. The van der Waals surface area contributed by atoms with Crippen molar-refractivity contribution in [2.75, 3.05) is 0 Å². The van der Waals surface area contributed by atoms with E-state index in [1.165, 1.54) is 0 Å². The number of carbonyl (C=O) groups is 2. The average molecular weight is 258 g/mol. The number of nitrogens with one attached hydrogen (secondary N) is 1. The van der Waals surface area contributed by atoms with Crippen molar-refractivity contribution >= 4 is 22.6 Å². The molecule has 0 aliphatic rings. The van der Waals surface area contributed by atoms with Gasteiger partial charge in [-0.1, -0.05) is 18.2 Å². The Morgan fingerprint density at radius 1 is 1.26 bits per heavy atom. The quantitative estimate of drug-likeness (QED) is 0.856. The van der Waals surface area contributed by atoms with E-state index in [9.17, 15) is 9.59 Å². The van der Waals surface area contributed by atoms with Crippen LogP contribution < -0.4 is 5.32 Å². The molecule has 0 unspecified atom stereocenters. The molecule has 1 heterocycles. The number of fused-ring (bicyclic) bond motifs is 1. The van der Waals surface area contributed by atoms with Crippen LogP contribution in [0, 0.1) is 0 Å². The summed E-state index contributed by atoms with van der Waals surface area (Å²) in [5.74, 6) is -0.0370. The van der Waals surface area contributed by atoms with Crippen molar-refractivity contribution in [3.05, 3.63) is 36.0 Å². The van der Waals surface area contributed by atoms with Crippen LogP contribution in [0.25, 0.3) is 10.9 Å². The molecule has 1 amide bonds. The number of para-hydroxylation sites is 1. The summed E-state index contributed by atoms with van der Waals surface area (Å²) in [5, 5.41) is 3.75. The number of nitrogens with zero attached hydrogens (tertiary/aromatic N) is 1. The maximum atomic E-state index is 11.8. The Morgan fingerprint density at radius 3 is 2.58 bits per heavy atom. The highest BCUT2D eigenvalue weighted by Gasteiger charge is 2.13. The topological polar surface area (TPSA) is 51.1 Å². The molecule has 4 nitrogen and oxygen atoms in total. The van der Waals surface area contributed by atoms with Crippen LogP contribution in [-0.4, -0.2) is 22.3 Å². The van der Waals surface area contributed by atoms with E-state index in [4.69, 9.17) is 0 Å². The molecule has 0 radical (unpaired) electrons. The van der Waals surface area contributed by atoms with Crippen LogP contribution in [0.2, 0.25) is 0 Å². The second-order valence-corrected chi connectivity index (χ2v) is 4.97. The molecule has 0 spiro atoms. The standard InChI is InChI=1S/C15H18N2O2/c1-10(2)16-15(19)9-17-8-13(11(3)18)12-6-4-5-7-14(12)17/h4-8,10H,9H2,1-3H3,(H,16,19). The number of aromatic nitrogens is 1. The summed E-state index contributed by atoms with van der Waals surface area (Å²) in [6, 6.07) is 7.74. The highest BCUT2D eigenvalue weighted by molar-refractivity contribution is 6.07. The van der Waals surface area contributed by atoms with Crippen molar-refractivity contribution in [1.82, 2.24) is 9.88 Å². The Kier molecular flexibility index (Phi) is 3.69. The first-order valence-electron chi connectivity index (χ1n) is 6.37. The van der Waals surface area contributed by atoms with Gasteiger partial charge in [-0.3, -0.25) is 9.59 Å². The van der Waals surface area contributed by atoms with Gasteiger partial charge in [0.15, 0.2) is 5.78 Å². The summed E-state index contributed by atoms with van der Waals surface area (Å²) in [6.07, 6.45) is 1.76. The molecule has 0 aliphatic heterocycles. The van der Waals surface area contributed by atoms with E-state index in [-0.39, 0.29) is 24.3 Å². The van der Waals surface area contributed by atoms with Gasteiger partial charge in [-0.15, -0.1) is 0 Å². The molecule has 2 rings (SSSR count). The second-order valence-electron chi connectivity index (χ2n) is 4.97. The predicted octanol–water partition coefficient (Wildman–Crippen LogP) is 2.37. The van der Waals surface area contributed by atoms with Gasteiger partial charge in [-0.2, -0.15) is 0 Å². The zero-order chi connectivity index (χ0) is 14.0. The van der Waals surface area contributed by atoms with E-state index in [1.54, 1.807) is 13.1 Å². The number of benzene rings is 1. The third-order valence-corrected chi connectivity index (χ3v) is 2.93. The lowest BCUT2D eigenvalue weighted by atomic mass is 10.1. The van der Waals surface area contributed by atoms with Crippen LogP contribution >= 0.6 is 0 Å². The van der Waals surface area contributed by atoms with Crippen molar-refractivity contribution in [3.8, 4) is 0 Å². The SMILES string of the molecule is CC(=O)c1cn(CC(=O)NC(C)C)c2ccccc12. The molecule has 100 valence electrons. The largest absolute Gasteiger partial charge is 0.352 e. The molecule has 1 aromatic carbocycles. The Hall–Kier alpha value is -2.10. The molecular formula is C15H18N2O2. The third-order valence-electron chi connectivity index (χ3n) is 2.93. The van der Waals surface area contributed by atoms with E-state index in [0.29, 0.717) is 5.56 Å². The van der Waals surface area contributed by atoms with E-state index >= 15 is 0 Å². The van der Waals surface area contributed by atoms with Gasteiger partial charge in [0, 0.05) is 28.7 Å². The first kappa shape index (κ1) is 13.3. The number of ketones is 1. The fourth-order valence-corrected chi connectivity index (χ4v) is 2.18. The lowest BCUT2D eigenvalue weighted by Crippen LogP contribution is -2.32. The van der Waals surface area contributed by atoms with Crippen LogP contribution in [0.1, 0.15) is 31.1 Å². The Balaban J connectivity index is 2.38. The monoisotopic (exact) mass is 258 g/mol. The molecule has 0 bridgehead atoms. The Morgan fingerprint density at radius 2 is 1.95 bits per heavy atom. The molecule has 1 N–H and O–H groups in total. The van der Waals surface area contributed by atoms with Crippen LogP contribution in [0.15, 0.2) is 30.5 Å². The van der Waals surface area contributed by atoms with E-state index < -0.39 is 0 Å². The molecule has 0 saturated heterocycles. The lowest BCUT2D eigenvalue weighted by molar-refractivity contribution is -0.122. The number of rotatable bonds is 4. The zero-order valence-electron chi connectivity index (χ0n) is 11.4. The molecule has 2 aromatic rings. The molecule has 19 heavy (non-hydrogen) atoms. The number of Topliss-reactive ketones (excluding diaryl/α,β-unsaturated/α-hetero) is 1. The van der Waals surface area contributed by atoms with Gasteiger partial charge in [0.05, 0.1) is 0 Å². The minimum atomic E-state index is -0.0501. The number of hydrogen-bond acceptors (Lipinski definition) is 2. The van der Waals surface area contributed by atoms with Crippen LogP contribution in [0.5, 0.6) is 0 Å². The summed E-state index contributed by atoms with van der Waals surface area (Å²) in [5.41, 5.74) is 1.57.